The average Bonchev–Trinajstić information content (AvgIpc) is 2.55. The molecule has 0 unspecified atom stereocenters. The van der Waals surface area contributed by atoms with E-state index in [2.05, 4.69) is 5.32 Å². The maximum Gasteiger partial charge on any atom is 0.271 e. The highest BCUT2D eigenvalue weighted by atomic mass is 35.5. The van der Waals surface area contributed by atoms with Gasteiger partial charge in [0.05, 0.1) is 21.3 Å². The molecule has 0 aliphatic rings. The minimum absolute atomic E-state index is 0.00577. The van der Waals surface area contributed by atoms with Crippen LogP contribution in [0.1, 0.15) is 6.42 Å². The lowest BCUT2D eigenvalue weighted by Gasteiger charge is -2.07. The molecule has 0 spiro atoms. The van der Waals surface area contributed by atoms with Gasteiger partial charge in [-0.25, -0.2) is 12.8 Å². The van der Waals surface area contributed by atoms with Crippen LogP contribution in [0, 0.1) is 15.9 Å². The average molecular weight is 387 g/mol. The Balaban J connectivity index is 2.04. The zero-order chi connectivity index (χ0) is 18.6. The standard InChI is InChI=1S/C15H12ClFN2O5S/c16-10-1-4-12(5-2-10)25(23,24)8-7-15(20)18-14-9-11(19(21)22)3-6-13(14)17/h1-6,9H,7-8H2,(H,18,20). The lowest BCUT2D eigenvalue weighted by molar-refractivity contribution is -0.384. The van der Waals surface area contributed by atoms with Crippen molar-refractivity contribution < 1.29 is 22.5 Å². The summed E-state index contributed by atoms with van der Waals surface area (Å²) >= 11 is 5.69. The van der Waals surface area contributed by atoms with Crippen LogP contribution < -0.4 is 5.32 Å². The number of hydrogen-bond acceptors (Lipinski definition) is 5. The monoisotopic (exact) mass is 386 g/mol. The van der Waals surface area contributed by atoms with Crippen molar-refractivity contribution in [3.05, 3.63) is 63.4 Å². The van der Waals surface area contributed by atoms with Crippen molar-refractivity contribution in [2.24, 2.45) is 0 Å². The van der Waals surface area contributed by atoms with Gasteiger partial charge < -0.3 is 5.32 Å². The second-order valence-electron chi connectivity index (χ2n) is 4.99. The predicted molar refractivity (Wildman–Crippen MR) is 89.8 cm³/mol. The summed E-state index contributed by atoms with van der Waals surface area (Å²) in [6.07, 6.45) is -0.437. The number of carbonyl (C=O) groups excluding carboxylic acids is 1. The summed E-state index contributed by atoms with van der Waals surface area (Å²) in [5, 5.41) is 13.2. The van der Waals surface area contributed by atoms with Crippen molar-refractivity contribution in [2.45, 2.75) is 11.3 Å². The number of nitro benzene ring substituents is 1. The maximum atomic E-state index is 13.6. The van der Waals surface area contributed by atoms with Crippen LogP contribution in [0.4, 0.5) is 15.8 Å². The van der Waals surface area contributed by atoms with Crippen molar-refractivity contribution in [3.63, 3.8) is 0 Å². The third-order valence-corrected chi connectivity index (χ3v) is 5.19. The fourth-order valence-corrected chi connectivity index (χ4v) is 3.29. The number of non-ortho nitro benzene ring substituents is 1. The van der Waals surface area contributed by atoms with E-state index in [0.29, 0.717) is 5.02 Å². The summed E-state index contributed by atoms with van der Waals surface area (Å²) < 4.78 is 37.9. The molecule has 0 saturated heterocycles. The normalized spacial score (nSPS) is 11.1. The smallest absolute Gasteiger partial charge is 0.271 e. The Morgan fingerprint density at radius 3 is 2.44 bits per heavy atom. The van der Waals surface area contributed by atoms with E-state index in [4.69, 9.17) is 11.6 Å². The van der Waals surface area contributed by atoms with E-state index in [0.717, 1.165) is 18.2 Å². The van der Waals surface area contributed by atoms with E-state index >= 15 is 0 Å². The van der Waals surface area contributed by atoms with Crippen molar-refractivity contribution >= 4 is 38.7 Å². The highest BCUT2D eigenvalue weighted by molar-refractivity contribution is 7.91. The molecule has 2 rings (SSSR count). The fourth-order valence-electron chi connectivity index (χ4n) is 1.92. The first-order chi connectivity index (χ1) is 11.7. The first kappa shape index (κ1) is 18.8. The third kappa shape index (κ3) is 4.97. The van der Waals surface area contributed by atoms with E-state index < -0.39 is 44.3 Å². The summed E-state index contributed by atoms with van der Waals surface area (Å²) in [6, 6.07) is 8.11. The van der Waals surface area contributed by atoms with Gasteiger partial charge in [0.25, 0.3) is 5.69 Å². The van der Waals surface area contributed by atoms with Crippen LogP contribution >= 0.6 is 11.6 Å². The van der Waals surface area contributed by atoms with Gasteiger partial charge in [0, 0.05) is 23.6 Å². The van der Waals surface area contributed by atoms with E-state index in [-0.39, 0.29) is 10.6 Å². The zero-order valence-electron chi connectivity index (χ0n) is 12.6. The molecule has 0 aromatic heterocycles. The van der Waals surface area contributed by atoms with Crippen LogP contribution in [-0.2, 0) is 14.6 Å². The van der Waals surface area contributed by atoms with Crippen LogP contribution in [0.3, 0.4) is 0 Å². The Kier molecular flexibility index (Phi) is 5.70. The van der Waals surface area contributed by atoms with Crippen LogP contribution in [0.5, 0.6) is 0 Å². The molecule has 0 saturated carbocycles. The summed E-state index contributed by atoms with van der Waals surface area (Å²) in [6.45, 7) is 0. The number of halogens is 2. The van der Waals surface area contributed by atoms with E-state index in [1.165, 1.54) is 24.3 Å². The molecule has 0 aliphatic carbocycles. The Labute approximate surface area is 147 Å². The molecular formula is C15H12ClFN2O5S. The van der Waals surface area contributed by atoms with Crippen molar-refractivity contribution in [1.29, 1.82) is 0 Å². The summed E-state index contributed by atoms with van der Waals surface area (Å²) in [5.74, 6) is -2.15. The molecular weight excluding hydrogens is 375 g/mol. The molecule has 2 aromatic rings. The molecule has 0 aliphatic heterocycles. The SMILES string of the molecule is O=C(CCS(=O)(=O)c1ccc(Cl)cc1)Nc1cc([N+](=O)[O-])ccc1F. The van der Waals surface area contributed by atoms with Gasteiger partial charge in [-0.05, 0) is 30.3 Å². The highest BCUT2D eigenvalue weighted by Gasteiger charge is 2.18. The van der Waals surface area contributed by atoms with Crippen molar-refractivity contribution in [2.75, 3.05) is 11.1 Å². The maximum absolute atomic E-state index is 13.6. The van der Waals surface area contributed by atoms with Crippen LogP contribution in [-0.4, -0.2) is 25.0 Å². The molecule has 1 N–H and O–H groups in total. The summed E-state index contributed by atoms with van der Waals surface area (Å²) in [7, 11) is -3.72. The number of nitrogens with one attached hydrogen (secondary N) is 1. The molecule has 1 amide bonds. The Bertz CT molecular complexity index is 916. The van der Waals surface area contributed by atoms with Gasteiger partial charge >= 0.3 is 0 Å². The number of amides is 1. The second-order valence-corrected chi connectivity index (χ2v) is 7.54. The molecule has 25 heavy (non-hydrogen) atoms. The van der Waals surface area contributed by atoms with Crippen LogP contribution in [0.2, 0.25) is 5.02 Å². The Hall–Kier alpha value is -2.52. The molecule has 0 fully saturated rings. The molecule has 7 nitrogen and oxygen atoms in total. The van der Waals surface area contributed by atoms with Gasteiger partial charge in [-0.3, -0.25) is 14.9 Å². The van der Waals surface area contributed by atoms with Gasteiger partial charge in [0.1, 0.15) is 5.82 Å². The van der Waals surface area contributed by atoms with E-state index in [1.54, 1.807) is 0 Å². The van der Waals surface area contributed by atoms with Crippen LogP contribution in [0.15, 0.2) is 47.4 Å². The number of sulfone groups is 1. The Morgan fingerprint density at radius 2 is 1.84 bits per heavy atom. The van der Waals surface area contributed by atoms with Gasteiger partial charge in [-0.2, -0.15) is 0 Å². The lowest BCUT2D eigenvalue weighted by Crippen LogP contribution is -2.18. The van der Waals surface area contributed by atoms with Gasteiger partial charge in [0.15, 0.2) is 9.84 Å². The second kappa shape index (κ2) is 7.58. The lowest BCUT2D eigenvalue weighted by atomic mass is 10.2. The zero-order valence-corrected chi connectivity index (χ0v) is 14.2. The fraction of sp³-hybridized carbons (Fsp3) is 0.133. The minimum Gasteiger partial charge on any atom is -0.323 e. The number of rotatable bonds is 6. The van der Waals surface area contributed by atoms with Crippen molar-refractivity contribution in [3.8, 4) is 0 Å². The van der Waals surface area contributed by atoms with Crippen molar-refractivity contribution in [1.82, 2.24) is 0 Å². The minimum atomic E-state index is -3.72. The summed E-state index contributed by atoms with van der Waals surface area (Å²) in [4.78, 5) is 21.8. The van der Waals surface area contributed by atoms with E-state index in [9.17, 15) is 27.7 Å². The van der Waals surface area contributed by atoms with Gasteiger partial charge in [-0.1, -0.05) is 11.6 Å². The Morgan fingerprint density at radius 1 is 1.20 bits per heavy atom. The first-order valence-corrected chi connectivity index (χ1v) is 8.94. The third-order valence-electron chi connectivity index (χ3n) is 3.21. The van der Waals surface area contributed by atoms with E-state index in [1.807, 2.05) is 0 Å². The summed E-state index contributed by atoms with van der Waals surface area (Å²) in [5.41, 5.74) is -0.784. The quantitative estimate of drug-likeness (QED) is 0.606. The topological polar surface area (TPSA) is 106 Å². The molecule has 132 valence electrons. The molecule has 0 atom stereocenters. The predicted octanol–water partition coefficient (Wildman–Crippen LogP) is 3.19. The number of nitrogens with zero attached hydrogens (tertiary/aromatic N) is 1. The molecule has 0 heterocycles. The number of nitro groups is 1. The molecule has 0 bridgehead atoms. The largest absolute Gasteiger partial charge is 0.323 e. The molecule has 10 heteroatoms. The number of hydrogen-bond donors (Lipinski definition) is 1. The van der Waals surface area contributed by atoms with Gasteiger partial charge in [-0.15, -0.1) is 0 Å². The number of anilines is 1. The number of carbonyl (C=O) groups is 1. The molecule has 2 aromatic carbocycles. The molecule has 0 radical (unpaired) electrons. The van der Waals surface area contributed by atoms with Crippen LogP contribution in [0.25, 0.3) is 0 Å². The number of benzene rings is 2. The first-order valence-electron chi connectivity index (χ1n) is 6.91. The van der Waals surface area contributed by atoms with Gasteiger partial charge in [0.2, 0.25) is 5.91 Å². The highest BCUT2D eigenvalue weighted by Crippen LogP contribution is 2.22.